The lowest BCUT2D eigenvalue weighted by atomic mass is 10.1. The van der Waals surface area contributed by atoms with Gasteiger partial charge in [-0.25, -0.2) is 0 Å². The molecule has 1 unspecified atom stereocenters. The zero-order chi connectivity index (χ0) is 12.3. The van der Waals surface area contributed by atoms with Crippen LogP contribution in [0.5, 0.6) is 0 Å². The molecule has 0 aliphatic rings. The number of fused-ring (bicyclic) bond motifs is 1. The second kappa shape index (κ2) is 5.37. The summed E-state index contributed by atoms with van der Waals surface area (Å²) < 4.78 is 0. The average Bonchev–Trinajstić information content (AvgIpc) is 2.35. The van der Waals surface area contributed by atoms with Crippen molar-refractivity contribution in [3.63, 3.8) is 0 Å². The van der Waals surface area contributed by atoms with E-state index in [-0.39, 0.29) is 0 Å². The largest absolute Gasteiger partial charge is 0.383 e. The number of anilines is 1. The molecular weight excluding hydrogens is 232 g/mol. The van der Waals surface area contributed by atoms with Gasteiger partial charge in [-0.2, -0.15) is 0 Å². The van der Waals surface area contributed by atoms with Crippen molar-refractivity contribution in [1.82, 2.24) is 4.98 Å². The number of hydrogen-bond acceptors (Lipinski definition) is 2. The molecule has 1 heterocycles. The summed E-state index contributed by atoms with van der Waals surface area (Å²) in [5.74, 6) is 0.646. The molecule has 1 atom stereocenters. The smallest absolute Gasteiger partial charge is 0.0934 e. The maximum Gasteiger partial charge on any atom is 0.0934 e. The Kier molecular flexibility index (Phi) is 3.85. The Morgan fingerprint density at radius 1 is 1.41 bits per heavy atom. The van der Waals surface area contributed by atoms with Crippen LogP contribution in [0.15, 0.2) is 30.5 Å². The Bertz CT molecular complexity index is 511. The van der Waals surface area contributed by atoms with Crippen LogP contribution in [0.4, 0.5) is 5.69 Å². The number of benzene rings is 1. The number of rotatable bonds is 4. The van der Waals surface area contributed by atoms with Crippen molar-refractivity contribution in [2.24, 2.45) is 5.92 Å². The van der Waals surface area contributed by atoms with Crippen LogP contribution in [0, 0.1) is 5.92 Å². The van der Waals surface area contributed by atoms with Crippen LogP contribution < -0.4 is 5.32 Å². The summed E-state index contributed by atoms with van der Waals surface area (Å²) in [6.45, 7) is 5.37. The molecule has 0 spiro atoms. The average molecular weight is 249 g/mol. The van der Waals surface area contributed by atoms with Gasteiger partial charge >= 0.3 is 0 Å². The van der Waals surface area contributed by atoms with Gasteiger partial charge in [0.1, 0.15) is 0 Å². The maximum atomic E-state index is 6.11. The summed E-state index contributed by atoms with van der Waals surface area (Å²) in [5, 5.41) is 5.26. The van der Waals surface area contributed by atoms with Crippen LogP contribution in [-0.2, 0) is 0 Å². The van der Waals surface area contributed by atoms with E-state index in [0.717, 1.165) is 28.2 Å². The van der Waals surface area contributed by atoms with Crippen LogP contribution in [0.1, 0.15) is 20.3 Å². The molecule has 2 aromatic rings. The number of nitrogens with zero attached hydrogens (tertiary/aromatic N) is 1. The molecule has 2 nitrogen and oxygen atoms in total. The quantitative estimate of drug-likeness (QED) is 0.870. The number of nitrogens with one attached hydrogen (secondary N) is 1. The first-order valence-corrected chi connectivity index (χ1v) is 6.36. The highest BCUT2D eigenvalue weighted by Gasteiger charge is 2.05. The van der Waals surface area contributed by atoms with Gasteiger partial charge in [0.25, 0.3) is 0 Å². The molecule has 1 aromatic carbocycles. The summed E-state index contributed by atoms with van der Waals surface area (Å²) in [5.41, 5.74) is 2.01. The highest BCUT2D eigenvalue weighted by Crippen LogP contribution is 2.26. The minimum atomic E-state index is 0.646. The molecule has 1 aromatic heterocycles. The molecule has 17 heavy (non-hydrogen) atoms. The molecule has 0 amide bonds. The third-order valence-corrected chi connectivity index (χ3v) is 3.23. The van der Waals surface area contributed by atoms with E-state index in [9.17, 15) is 0 Å². The third kappa shape index (κ3) is 2.89. The number of pyridine rings is 1. The van der Waals surface area contributed by atoms with Crippen LogP contribution >= 0.6 is 11.6 Å². The van der Waals surface area contributed by atoms with Gasteiger partial charge in [0.05, 0.1) is 11.2 Å². The highest BCUT2D eigenvalue weighted by atomic mass is 35.5. The molecule has 90 valence electrons. The van der Waals surface area contributed by atoms with Crippen LogP contribution in [0.3, 0.4) is 0 Å². The van der Waals surface area contributed by atoms with Gasteiger partial charge in [-0.3, -0.25) is 4.98 Å². The summed E-state index contributed by atoms with van der Waals surface area (Å²) in [6.07, 6.45) is 2.98. The Morgan fingerprint density at radius 2 is 2.24 bits per heavy atom. The van der Waals surface area contributed by atoms with E-state index >= 15 is 0 Å². The van der Waals surface area contributed by atoms with Gasteiger partial charge in [-0.05, 0) is 24.1 Å². The molecule has 3 heteroatoms. The molecule has 0 aliphatic heterocycles. The Hall–Kier alpha value is -1.28. The van der Waals surface area contributed by atoms with Crippen molar-refractivity contribution in [1.29, 1.82) is 0 Å². The summed E-state index contributed by atoms with van der Waals surface area (Å²) >= 11 is 6.11. The predicted molar refractivity (Wildman–Crippen MR) is 74.7 cm³/mol. The van der Waals surface area contributed by atoms with Crippen molar-refractivity contribution >= 4 is 28.2 Å². The van der Waals surface area contributed by atoms with Gasteiger partial charge in [-0.15, -0.1) is 0 Å². The Labute approximate surface area is 107 Å². The fraction of sp³-hybridized carbons (Fsp3) is 0.357. The van der Waals surface area contributed by atoms with Crippen molar-refractivity contribution in [2.75, 3.05) is 11.9 Å². The molecule has 1 N–H and O–H groups in total. The normalized spacial score (nSPS) is 12.6. The van der Waals surface area contributed by atoms with Gasteiger partial charge in [0.2, 0.25) is 0 Å². The summed E-state index contributed by atoms with van der Waals surface area (Å²) in [4.78, 5) is 4.40. The fourth-order valence-corrected chi connectivity index (χ4v) is 1.95. The molecule has 0 saturated heterocycles. The van der Waals surface area contributed by atoms with Crippen molar-refractivity contribution in [3.8, 4) is 0 Å². The first-order valence-electron chi connectivity index (χ1n) is 5.99. The van der Waals surface area contributed by atoms with E-state index < -0.39 is 0 Å². The van der Waals surface area contributed by atoms with E-state index in [1.807, 2.05) is 30.5 Å². The number of halogens is 1. The highest BCUT2D eigenvalue weighted by molar-refractivity contribution is 6.31. The van der Waals surface area contributed by atoms with E-state index in [4.69, 9.17) is 11.6 Å². The van der Waals surface area contributed by atoms with Crippen molar-refractivity contribution < 1.29 is 0 Å². The van der Waals surface area contributed by atoms with Crippen molar-refractivity contribution in [3.05, 3.63) is 35.5 Å². The minimum absolute atomic E-state index is 0.646. The van der Waals surface area contributed by atoms with Gasteiger partial charge in [-0.1, -0.05) is 37.9 Å². The number of hydrogen-bond donors (Lipinski definition) is 1. The molecule has 0 aliphatic carbocycles. The number of aromatic nitrogens is 1. The van der Waals surface area contributed by atoms with E-state index in [0.29, 0.717) is 5.92 Å². The lowest BCUT2D eigenvalue weighted by Crippen LogP contribution is -2.10. The molecular formula is C14H17ClN2. The van der Waals surface area contributed by atoms with E-state index in [1.54, 1.807) is 0 Å². The fourth-order valence-electron chi connectivity index (χ4n) is 1.72. The zero-order valence-corrected chi connectivity index (χ0v) is 11.0. The van der Waals surface area contributed by atoms with Gasteiger partial charge < -0.3 is 5.32 Å². The molecule has 0 radical (unpaired) electrons. The first kappa shape index (κ1) is 12.2. The molecule has 0 fully saturated rings. The first-order chi connectivity index (χ1) is 8.20. The lowest BCUT2D eigenvalue weighted by Gasteiger charge is -2.13. The second-order valence-corrected chi connectivity index (χ2v) is 4.86. The topological polar surface area (TPSA) is 24.9 Å². The summed E-state index contributed by atoms with van der Waals surface area (Å²) in [6, 6.07) is 7.84. The predicted octanol–water partition coefficient (Wildman–Crippen LogP) is 4.35. The monoisotopic (exact) mass is 248 g/mol. The van der Waals surface area contributed by atoms with E-state index in [2.05, 4.69) is 24.1 Å². The molecule has 0 saturated carbocycles. The SMILES string of the molecule is CCC(C)CNc1cc(Cl)cc2cccnc12. The maximum absolute atomic E-state index is 6.11. The van der Waals surface area contributed by atoms with Crippen LogP contribution in [-0.4, -0.2) is 11.5 Å². The van der Waals surface area contributed by atoms with Crippen LogP contribution in [0.25, 0.3) is 10.9 Å². The minimum Gasteiger partial charge on any atom is -0.383 e. The molecule has 0 bridgehead atoms. The van der Waals surface area contributed by atoms with Gasteiger partial charge in [0, 0.05) is 23.2 Å². The Balaban J connectivity index is 2.32. The Morgan fingerprint density at radius 3 is 3.00 bits per heavy atom. The van der Waals surface area contributed by atoms with E-state index in [1.165, 1.54) is 6.42 Å². The zero-order valence-electron chi connectivity index (χ0n) is 10.2. The second-order valence-electron chi connectivity index (χ2n) is 4.42. The summed E-state index contributed by atoms with van der Waals surface area (Å²) in [7, 11) is 0. The van der Waals surface area contributed by atoms with Gasteiger partial charge in [0.15, 0.2) is 0 Å². The molecule has 2 rings (SSSR count). The lowest BCUT2D eigenvalue weighted by molar-refractivity contribution is 0.594. The van der Waals surface area contributed by atoms with Crippen molar-refractivity contribution in [2.45, 2.75) is 20.3 Å². The van der Waals surface area contributed by atoms with Crippen LogP contribution in [0.2, 0.25) is 5.02 Å². The third-order valence-electron chi connectivity index (χ3n) is 3.01. The standard InChI is InChI=1S/C14H17ClN2/c1-3-10(2)9-17-13-8-12(15)7-11-5-4-6-16-14(11)13/h4-8,10,17H,3,9H2,1-2H3.